The summed E-state index contributed by atoms with van der Waals surface area (Å²) in [5.41, 5.74) is 0. The van der Waals surface area contributed by atoms with Crippen molar-refractivity contribution >= 4 is 0 Å². The molecule has 56 valence electrons. The Balaban J connectivity index is 3.75. The summed E-state index contributed by atoms with van der Waals surface area (Å²) in [7, 11) is 0. The molecule has 0 N–H and O–H groups in total. The Morgan fingerprint density at radius 2 is 0.889 bits per heavy atom. The van der Waals surface area contributed by atoms with Gasteiger partial charge in [-0.2, -0.15) is 4.74 Å². The van der Waals surface area contributed by atoms with Crippen LogP contribution in [0.2, 0.25) is 0 Å². The predicted octanol–water partition coefficient (Wildman–Crippen LogP) is 2.04. The molecule has 0 saturated carbocycles. The average molecular weight is 154 g/mol. The quantitative estimate of drug-likeness (QED) is 0.485. The zero-order chi connectivity index (χ0) is 7.71. The second-order valence-corrected chi connectivity index (χ2v) is 0.994. The van der Waals surface area contributed by atoms with E-state index >= 15 is 0 Å². The van der Waals surface area contributed by atoms with E-state index in [2.05, 4.69) is 0 Å². The maximum Gasteiger partial charge on any atom is 0.529 e. The van der Waals surface area contributed by atoms with Crippen LogP contribution in [0.1, 0.15) is 0 Å². The molecule has 0 amide bonds. The van der Waals surface area contributed by atoms with Gasteiger partial charge in [-0.3, -0.25) is 0 Å². The van der Waals surface area contributed by atoms with Gasteiger partial charge in [0.2, 0.25) is 0 Å². The van der Waals surface area contributed by atoms with Gasteiger partial charge in [-0.05, 0) is 0 Å². The fourth-order valence-corrected chi connectivity index (χ4v) is 0.131. The summed E-state index contributed by atoms with van der Waals surface area (Å²) in [6.45, 7) is 0. The van der Waals surface area contributed by atoms with Crippen molar-refractivity contribution in [3.05, 3.63) is 0 Å². The molecule has 0 atom stereocenters. The van der Waals surface area contributed by atoms with Crippen LogP contribution in [0.5, 0.6) is 0 Å². The topological polar surface area (TPSA) is 9.23 Å². The zero-order valence-corrected chi connectivity index (χ0v) is 3.68. The number of halogens is 6. The molecule has 9 heavy (non-hydrogen) atoms. The van der Waals surface area contributed by atoms with E-state index in [4.69, 9.17) is 0 Å². The van der Waals surface area contributed by atoms with E-state index in [-0.39, 0.29) is 0 Å². The molecular weight excluding hydrogens is 154 g/mol. The number of ether oxygens (including phenoxy) is 1. The summed E-state index contributed by atoms with van der Waals surface area (Å²) < 4.78 is 65.3. The first kappa shape index (κ1) is 8.54. The minimum absolute atomic E-state index is 1.62. The van der Waals surface area contributed by atoms with Crippen molar-refractivity contribution < 1.29 is 31.1 Å². The molecule has 0 bridgehead atoms. The largest absolute Gasteiger partial charge is 0.529 e. The van der Waals surface area contributed by atoms with E-state index in [1.165, 1.54) is 0 Å². The number of alkyl halides is 6. The van der Waals surface area contributed by atoms with Gasteiger partial charge in [0.1, 0.15) is 0 Å². The second-order valence-electron chi connectivity index (χ2n) is 0.994. The van der Waals surface area contributed by atoms with Gasteiger partial charge in [-0.1, -0.05) is 0 Å². The normalized spacial score (nSPS) is 14.0. The highest BCUT2D eigenvalue weighted by molar-refractivity contribution is 4.30. The lowest BCUT2D eigenvalue weighted by atomic mass is 11.2. The molecule has 0 aromatic carbocycles. The molecule has 0 heterocycles. The standard InChI is InChI=1S/C2F6O/c3-1(4,5)9-2(6,7)8. The molecule has 0 aliphatic heterocycles. The van der Waals surface area contributed by atoms with E-state index in [1.807, 2.05) is 0 Å². The summed E-state index contributed by atoms with van der Waals surface area (Å²) in [5, 5.41) is 0. The predicted molar refractivity (Wildman–Crippen MR) is 13.2 cm³/mol. The molecule has 0 rings (SSSR count). The highest BCUT2D eigenvalue weighted by atomic mass is 19.4. The summed E-state index contributed by atoms with van der Waals surface area (Å²) >= 11 is 0. The maximum absolute atomic E-state index is 10.6. The molecule has 0 spiro atoms. The Kier molecular flexibility index (Phi) is 1.95. The van der Waals surface area contributed by atoms with Gasteiger partial charge in [-0.25, -0.2) is 0 Å². The molecular formula is C2F6O. The van der Waals surface area contributed by atoms with Gasteiger partial charge >= 0.3 is 12.7 Å². The molecule has 0 aliphatic carbocycles. The summed E-state index contributed by atoms with van der Waals surface area (Å²) in [5.74, 6) is 0. The van der Waals surface area contributed by atoms with Gasteiger partial charge in [0.15, 0.2) is 0 Å². The number of hydrogen-bond donors (Lipinski definition) is 0. The summed E-state index contributed by atoms with van der Waals surface area (Å²) in [6.07, 6.45) is -11.3. The van der Waals surface area contributed by atoms with E-state index in [1.54, 1.807) is 4.74 Å². The van der Waals surface area contributed by atoms with Crippen LogP contribution in [-0.4, -0.2) is 12.7 Å². The van der Waals surface area contributed by atoms with Crippen LogP contribution < -0.4 is 0 Å². The van der Waals surface area contributed by atoms with Crippen molar-refractivity contribution in [3.63, 3.8) is 0 Å². The second kappa shape index (κ2) is 2.05. The third-order valence-corrected chi connectivity index (χ3v) is 0.231. The molecule has 0 fully saturated rings. The van der Waals surface area contributed by atoms with E-state index < -0.39 is 12.7 Å². The summed E-state index contributed by atoms with van der Waals surface area (Å²) in [4.78, 5) is 0. The number of hydrogen-bond acceptors (Lipinski definition) is 1. The molecule has 7 heteroatoms. The van der Waals surface area contributed by atoms with Crippen LogP contribution in [0, 0.1) is 0 Å². The van der Waals surface area contributed by atoms with E-state index in [0.29, 0.717) is 0 Å². The average Bonchev–Trinajstić information content (AvgIpc) is 1.14. The number of rotatable bonds is 0. The minimum atomic E-state index is -5.64. The van der Waals surface area contributed by atoms with Crippen molar-refractivity contribution in [2.45, 2.75) is 12.7 Å². The fraction of sp³-hybridized carbons (Fsp3) is 1.00. The Labute approximate surface area is 45.2 Å². The fourth-order valence-electron chi connectivity index (χ4n) is 0.131. The van der Waals surface area contributed by atoms with Crippen LogP contribution in [0.4, 0.5) is 26.3 Å². The third-order valence-electron chi connectivity index (χ3n) is 0.231. The maximum atomic E-state index is 10.6. The molecule has 0 saturated heterocycles. The SMILES string of the molecule is FC(F)(F)OC(F)(F)F. The van der Waals surface area contributed by atoms with Crippen molar-refractivity contribution in [1.29, 1.82) is 0 Å². The van der Waals surface area contributed by atoms with Crippen LogP contribution in [0.15, 0.2) is 0 Å². The zero-order valence-electron chi connectivity index (χ0n) is 3.68. The Morgan fingerprint density at radius 1 is 0.667 bits per heavy atom. The lowest BCUT2D eigenvalue weighted by molar-refractivity contribution is -0.463. The van der Waals surface area contributed by atoms with Gasteiger partial charge in [0.25, 0.3) is 0 Å². The van der Waals surface area contributed by atoms with E-state index in [9.17, 15) is 26.3 Å². The van der Waals surface area contributed by atoms with Gasteiger partial charge in [-0.15, -0.1) is 26.3 Å². The molecule has 0 unspecified atom stereocenters. The van der Waals surface area contributed by atoms with Crippen molar-refractivity contribution in [2.24, 2.45) is 0 Å². The van der Waals surface area contributed by atoms with Crippen LogP contribution >= 0.6 is 0 Å². The van der Waals surface area contributed by atoms with Crippen LogP contribution in [0.3, 0.4) is 0 Å². The van der Waals surface area contributed by atoms with Gasteiger partial charge < -0.3 is 0 Å². The molecule has 0 radical (unpaired) electrons. The minimum Gasteiger partial charge on any atom is -0.196 e. The van der Waals surface area contributed by atoms with Crippen LogP contribution in [0.25, 0.3) is 0 Å². The first-order valence-corrected chi connectivity index (χ1v) is 1.54. The summed E-state index contributed by atoms with van der Waals surface area (Å²) in [6, 6.07) is 0. The van der Waals surface area contributed by atoms with Crippen molar-refractivity contribution in [2.75, 3.05) is 0 Å². The Hall–Kier alpha value is -0.460. The van der Waals surface area contributed by atoms with E-state index in [0.717, 1.165) is 0 Å². The van der Waals surface area contributed by atoms with Crippen molar-refractivity contribution in [1.82, 2.24) is 0 Å². The highest BCUT2D eigenvalue weighted by Gasteiger charge is 2.45. The van der Waals surface area contributed by atoms with Gasteiger partial charge in [0, 0.05) is 0 Å². The van der Waals surface area contributed by atoms with Gasteiger partial charge in [0.05, 0.1) is 0 Å². The smallest absolute Gasteiger partial charge is 0.196 e. The lowest BCUT2D eigenvalue weighted by Crippen LogP contribution is -2.25. The molecule has 0 aliphatic rings. The molecule has 0 aromatic heterocycles. The first-order chi connectivity index (χ1) is 3.71. The molecule has 1 nitrogen and oxygen atoms in total. The van der Waals surface area contributed by atoms with Crippen LogP contribution in [-0.2, 0) is 4.74 Å². The molecule has 0 aromatic rings. The first-order valence-electron chi connectivity index (χ1n) is 1.54. The highest BCUT2D eigenvalue weighted by Crippen LogP contribution is 2.28. The Morgan fingerprint density at radius 3 is 0.889 bits per heavy atom. The third kappa shape index (κ3) is 7.54. The monoisotopic (exact) mass is 154 g/mol. The lowest BCUT2D eigenvalue weighted by Gasteiger charge is -2.08. The Bertz CT molecular complexity index is 76.2. The van der Waals surface area contributed by atoms with Crippen molar-refractivity contribution in [3.8, 4) is 0 Å².